The lowest BCUT2D eigenvalue weighted by atomic mass is 10.3. The van der Waals surface area contributed by atoms with Gasteiger partial charge in [0.1, 0.15) is 0 Å². The molecule has 1 nitrogen and oxygen atoms in total. The summed E-state index contributed by atoms with van der Waals surface area (Å²) in [5.74, 6) is 1.02. The van der Waals surface area contributed by atoms with Gasteiger partial charge in [-0.3, -0.25) is 0 Å². The molecule has 0 atom stereocenters. The third-order valence-electron chi connectivity index (χ3n) is 1.29. The van der Waals surface area contributed by atoms with Gasteiger partial charge >= 0.3 is 0 Å². The van der Waals surface area contributed by atoms with Gasteiger partial charge in [0.15, 0.2) is 0 Å². The summed E-state index contributed by atoms with van der Waals surface area (Å²) in [6.07, 6.45) is 9.66. The highest BCUT2D eigenvalue weighted by Crippen LogP contribution is 2.03. The van der Waals surface area contributed by atoms with Crippen LogP contribution in [0.2, 0.25) is 0 Å². The van der Waals surface area contributed by atoms with Crippen LogP contribution in [0.25, 0.3) is 0 Å². The van der Waals surface area contributed by atoms with E-state index in [-0.39, 0.29) is 0 Å². The van der Waals surface area contributed by atoms with Crippen molar-refractivity contribution in [3.63, 3.8) is 0 Å². The molecule has 0 rings (SSSR count). The van der Waals surface area contributed by atoms with Crippen LogP contribution >= 0.6 is 0 Å². The fraction of sp³-hybridized carbons (Fsp3) is 0.400. The van der Waals surface area contributed by atoms with Gasteiger partial charge in [-0.25, -0.2) is 0 Å². The molecule has 0 aliphatic heterocycles. The van der Waals surface area contributed by atoms with Crippen LogP contribution in [-0.2, 0) is 4.74 Å². The van der Waals surface area contributed by atoms with Gasteiger partial charge in [0, 0.05) is 6.42 Å². The molecule has 0 saturated heterocycles. The van der Waals surface area contributed by atoms with E-state index >= 15 is 0 Å². The predicted octanol–water partition coefficient (Wildman–Crippen LogP) is 3.06. The largest absolute Gasteiger partial charge is 0.501 e. The summed E-state index contributed by atoms with van der Waals surface area (Å²) >= 11 is 0. The third kappa shape index (κ3) is 5.46. The molecule has 0 bridgehead atoms. The molecule has 0 aliphatic carbocycles. The number of hydrogen-bond acceptors (Lipinski definition) is 1. The van der Waals surface area contributed by atoms with Crippen molar-refractivity contribution < 1.29 is 4.74 Å². The number of ether oxygens (including phenoxy) is 1. The molecule has 0 unspecified atom stereocenters. The van der Waals surface area contributed by atoms with E-state index in [4.69, 9.17) is 4.74 Å². The van der Waals surface area contributed by atoms with Crippen molar-refractivity contribution in [2.45, 2.75) is 19.8 Å². The Hall–Kier alpha value is -0.980. The Balaban J connectivity index is 3.78. The Morgan fingerprint density at radius 3 is 2.73 bits per heavy atom. The summed E-state index contributed by atoms with van der Waals surface area (Å²) in [4.78, 5) is 0. The number of hydrogen-bond donors (Lipinski definition) is 0. The Labute approximate surface area is 69.1 Å². The minimum Gasteiger partial charge on any atom is -0.501 e. The molecule has 0 N–H and O–H groups in total. The van der Waals surface area contributed by atoms with E-state index in [0.29, 0.717) is 0 Å². The maximum atomic E-state index is 5.11. The van der Waals surface area contributed by atoms with E-state index in [9.17, 15) is 0 Å². The lowest BCUT2D eigenvalue weighted by molar-refractivity contribution is 0.283. The zero-order valence-corrected chi connectivity index (χ0v) is 7.34. The van der Waals surface area contributed by atoms with Crippen LogP contribution in [0.5, 0.6) is 0 Å². The first-order chi connectivity index (χ1) is 5.35. The Morgan fingerprint density at radius 1 is 1.55 bits per heavy atom. The van der Waals surface area contributed by atoms with E-state index in [1.54, 1.807) is 13.2 Å². The molecule has 0 spiro atoms. The van der Waals surface area contributed by atoms with E-state index in [0.717, 1.165) is 18.6 Å². The highest BCUT2D eigenvalue weighted by molar-refractivity contribution is 5.05. The van der Waals surface area contributed by atoms with Crippen LogP contribution in [0, 0.1) is 0 Å². The number of rotatable bonds is 5. The second kappa shape index (κ2) is 7.13. The highest BCUT2D eigenvalue weighted by Gasteiger charge is 1.88. The molecule has 0 aliphatic rings. The molecule has 1 heteroatoms. The minimum absolute atomic E-state index is 0.858. The summed E-state index contributed by atoms with van der Waals surface area (Å²) in [5.41, 5.74) is 0. The van der Waals surface area contributed by atoms with Crippen molar-refractivity contribution in [1.29, 1.82) is 0 Å². The van der Waals surface area contributed by atoms with Crippen LogP contribution < -0.4 is 0 Å². The molecule has 0 aromatic heterocycles. The first-order valence-corrected chi connectivity index (χ1v) is 3.85. The van der Waals surface area contributed by atoms with Gasteiger partial charge in [-0.05, 0) is 12.5 Å². The van der Waals surface area contributed by atoms with Crippen LogP contribution in [0.15, 0.2) is 36.6 Å². The average Bonchev–Trinajstić information content (AvgIpc) is 2.03. The zero-order valence-electron chi connectivity index (χ0n) is 7.34. The normalized spacial score (nSPS) is 12.0. The Morgan fingerprint density at radius 2 is 2.27 bits per heavy atom. The van der Waals surface area contributed by atoms with Crippen molar-refractivity contribution in [3.8, 4) is 0 Å². The molecule has 0 fully saturated rings. The maximum absolute atomic E-state index is 5.11. The molecular weight excluding hydrogens is 136 g/mol. The van der Waals surface area contributed by atoms with Gasteiger partial charge in [-0.2, -0.15) is 0 Å². The van der Waals surface area contributed by atoms with Crippen molar-refractivity contribution >= 4 is 0 Å². The lowest BCUT2D eigenvalue weighted by Crippen LogP contribution is -1.83. The summed E-state index contributed by atoms with van der Waals surface area (Å²) in [6, 6.07) is 0. The molecular formula is C10H16O. The molecule has 0 heterocycles. The maximum Gasteiger partial charge on any atom is 0.0953 e. The van der Waals surface area contributed by atoms with Crippen LogP contribution in [0.3, 0.4) is 0 Å². The predicted molar refractivity (Wildman–Crippen MR) is 49.3 cm³/mol. The topological polar surface area (TPSA) is 9.23 Å². The second-order valence-electron chi connectivity index (χ2n) is 2.15. The van der Waals surface area contributed by atoms with Gasteiger partial charge < -0.3 is 4.74 Å². The summed E-state index contributed by atoms with van der Waals surface area (Å²) in [7, 11) is 1.70. The smallest absolute Gasteiger partial charge is 0.0953 e. The average molecular weight is 152 g/mol. The molecule has 0 radical (unpaired) electrons. The first kappa shape index (κ1) is 10.0. The summed E-state index contributed by atoms with van der Waals surface area (Å²) < 4.78 is 5.11. The van der Waals surface area contributed by atoms with Gasteiger partial charge in [-0.15, -0.1) is 0 Å². The van der Waals surface area contributed by atoms with Gasteiger partial charge in [0.05, 0.1) is 12.9 Å². The summed E-state index contributed by atoms with van der Waals surface area (Å²) in [5, 5.41) is 0. The van der Waals surface area contributed by atoms with Gasteiger partial charge in [0.2, 0.25) is 0 Å². The third-order valence-corrected chi connectivity index (χ3v) is 1.29. The number of methoxy groups -OCH3 is 1. The molecule has 0 aromatic rings. The van der Waals surface area contributed by atoms with Crippen molar-refractivity contribution in [1.82, 2.24) is 0 Å². The number of allylic oxidation sites excluding steroid dienone is 4. The Kier molecular flexibility index (Phi) is 6.50. The highest BCUT2D eigenvalue weighted by atomic mass is 16.5. The lowest BCUT2D eigenvalue weighted by Gasteiger charge is -2.00. The van der Waals surface area contributed by atoms with Crippen LogP contribution in [0.1, 0.15) is 19.8 Å². The standard InChI is InChI=1S/C10H16O/c1-4-6-7-9-10(11-3)8-5-2/h4,6-8H,1,5,9H2,2-3H3/b7-6-,10-8+. The van der Waals surface area contributed by atoms with Crippen molar-refractivity contribution in [3.05, 3.63) is 36.6 Å². The van der Waals surface area contributed by atoms with Crippen molar-refractivity contribution in [2.24, 2.45) is 0 Å². The SMILES string of the molecule is C=C/C=C\C/C(=C\CC)OC. The van der Waals surface area contributed by atoms with Crippen LogP contribution in [0.4, 0.5) is 0 Å². The molecule has 0 aromatic carbocycles. The van der Waals surface area contributed by atoms with E-state index in [1.807, 2.05) is 12.2 Å². The van der Waals surface area contributed by atoms with E-state index in [2.05, 4.69) is 19.6 Å². The summed E-state index contributed by atoms with van der Waals surface area (Å²) in [6.45, 7) is 5.68. The van der Waals surface area contributed by atoms with Gasteiger partial charge in [0.25, 0.3) is 0 Å². The molecule has 0 saturated carbocycles. The quantitative estimate of drug-likeness (QED) is 0.434. The monoisotopic (exact) mass is 152 g/mol. The van der Waals surface area contributed by atoms with E-state index in [1.165, 1.54) is 0 Å². The zero-order chi connectivity index (χ0) is 8.53. The van der Waals surface area contributed by atoms with E-state index < -0.39 is 0 Å². The fourth-order valence-electron chi connectivity index (χ4n) is 0.758. The van der Waals surface area contributed by atoms with Crippen molar-refractivity contribution in [2.75, 3.05) is 7.11 Å². The Bertz CT molecular complexity index is 154. The fourth-order valence-corrected chi connectivity index (χ4v) is 0.758. The van der Waals surface area contributed by atoms with Gasteiger partial charge in [-0.1, -0.05) is 31.7 Å². The molecule has 11 heavy (non-hydrogen) atoms. The molecule has 0 amide bonds. The minimum atomic E-state index is 0.858. The van der Waals surface area contributed by atoms with Crippen LogP contribution in [-0.4, -0.2) is 7.11 Å². The second-order valence-corrected chi connectivity index (χ2v) is 2.15. The molecule has 62 valence electrons. The first-order valence-electron chi connectivity index (χ1n) is 3.85.